The summed E-state index contributed by atoms with van der Waals surface area (Å²) in [7, 11) is 0. The van der Waals surface area contributed by atoms with Gasteiger partial charge in [-0.2, -0.15) is 0 Å². The van der Waals surface area contributed by atoms with E-state index in [9.17, 15) is 9.59 Å². The minimum Gasteiger partial charge on any atom is -0.351 e. The Morgan fingerprint density at radius 3 is 2.29 bits per heavy atom. The van der Waals surface area contributed by atoms with E-state index < -0.39 is 6.03 Å². The summed E-state index contributed by atoms with van der Waals surface area (Å²) < 4.78 is 0. The average Bonchev–Trinajstić information content (AvgIpc) is 2.47. The van der Waals surface area contributed by atoms with Crippen molar-refractivity contribution in [1.82, 2.24) is 0 Å². The van der Waals surface area contributed by atoms with Crippen molar-refractivity contribution >= 4 is 23.3 Å². The zero-order chi connectivity index (χ0) is 15.2. The van der Waals surface area contributed by atoms with Crippen LogP contribution in [-0.4, -0.2) is 11.9 Å². The second kappa shape index (κ2) is 6.38. The van der Waals surface area contributed by atoms with Gasteiger partial charge in [0.25, 0.3) is 0 Å². The van der Waals surface area contributed by atoms with Crippen LogP contribution in [0.25, 0.3) is 11.1 Å². The van der Waals surface area contributed by atoms with Crippen LogP contribution >= 0.6 is 0 Å². The monoisotopic (exact) mass is 281 g/mol. The van der Waals surface area contributed by atoms with Gasteiger partial charge in [0.1, 0.15) is 0 Å². The molecule has 2 aromatic carbocycles. The van der Waals surface area contributed by atoms with Gasteiger partial charge in [0.15, 0.2) is 0 Å². The number of anilines is 2. The summed E-state index contributed by atoms with van der Waals surface area (Å²) in [5.41, 5.74) is 8.28. The Kier molecular flexibility index (Phi) is 4.36. The van der Waals surface area contributed by atoms with E-state index in [1.165, 1.54) is 6.08 Å². The van der Waals surface area contributed by atoms with Crippen LogP contribution in [0.1, 0.15) is 0 Å². The van der Waals surface area contributed by atoms with Gasteiger partial charge in [0.05, 0.1) is 0 Å². The molecule has 0 radical (unpaired) electrons. The maximum absolute atomic E-state index is 11.3. The second-order valence-electron chi connectivity index (χ2n) is 4.34. The van der Waals surface area contributed by atoms with Crippen molar-refractivity contribution < 1.29 is 9.59 Å². The van der Waals surface area contributed by atoms with Crippen LogP contribution in [0, 0.1) is 0 Å². The Morgan fingerprint density at radius 2 is 1.67 bits per heavy atom. The molecule has 0 aromatic heterocycles. The van der Waals surface area contributed by atoms with Gasteiger partial charge >= 0.3 is 6.03 Å². The molecule has 0 unspecified atom stereocenters. The molecule has 2 aromatic rings. The molecule has 0 aliphatic carbocycles. The third kappa shape index (κ3) is 3.94. The molecule has 0 saturated heterocycles. The first kappa shape index (κ1) is 14.3. The highest BCUT2D eigenvalue weighted by molar-refractivity contribution is 5.99. The quantitative estimate of drug-likeness (QED) is 0.753. The minimum absolute atomic E-state index is 0.256. The van der Waals surface area contributed by atoms with Crippen LogP contribution < -0.4 is 16.4 Å². The minimum atomic E-state index is -0.600. The van der Waals surface area contributed by atoms with E-state index in [1.54, 1.807) is 18.2 Å². The molecular formula is C16H15N3O2. The van der Waals surface area contributed by atoms with Crippen LogP contribution in [0.3, 0.4) is 0 Å². The number of primary amides is 1. The zero-order valence-corrected chi connectivity index (χ0v) is 11.3. The third-order valence-electron chi connectivity index (χ3n) is 2.80. The van der Waals surface area contributed by atoms with Crippen molar-refractivity contribution in [2.75, 3.05) is 10.6 Å². The molecule has 0 heterocycles. The lowest BCUT2D eigenvalue weighted by Gasteiger charge is -2.07. The fraction of sp³-hybridized carbons (Fsp3) is 0. The standard InChI is InChI=1S/C16H15N3O2/c1-2-15(20)18-14-5-3-4-12(10-14)11-6-8-13(9-7-11)19-16(17)21/h2-10H,1H2,(H,18,20)(H3,17,19,21). The smallest absolute Gasteiger partial charge is 0.316 e. The zero-order valence-electron chi connectivity index (χ0n) is 11.3. The number of hydrogen-bond acceptors (Lipinski definition) is 2. The van der Waals surface area contributed by atoms with Gasteiger partial charge in [0, 0.05) is 11.4 Å². The van der Waals surface area contributed by atoms with E-state index in [1.807, 2.05) is 30.3 Å². The molecular weight excluding hydrogens is 266 g/mol. The molecule has 3 amide bonds. The Labute approximate surface area is 122 Å². The fourth-order valence-electron chi connectivity index (χ4n) is 1.86. The number of carbonyl (C=O) groups excluding carboxylic acids is 2. The Bertz CT molecular complexity index is 678. The Balaban J connectivity index is 2.21. The summed E-state index contributed by atoms with van der Waals surface area (Å²) in [6, 6.07) is 14.1. The molecule has 0 spiro atoms. The topological polar surface area (TPSA) is 84.2 Å². The predicted octanol–water partition coefficient (Wildman–Crippen LogP) is 2.97. The first-order valence-corrected chi connectivity index (χ1v) is 6.29. The molecule has 0 atom stereocenters. The van der Waals surface area contributed by atoms with Crippen molar-refractivity contribution in [3.8, 4) is 11.1 Å². The normalized spacial score (nSPS) is 9.71. The van der Waals surface area contributed by atoms with Crippen molar-refractivity contribution in [2.24, 2.45) is 5.73 Å². The predicted molar refractivity (Wildman–Crippen MR) is 83.9 cm³/mol. The van der Waals surface area contributed by atoms with E-state index in [0.29, 0.717) is 11.4 Å². The molecule has 21 heavy (non-hydrogen) atoms. The molecule has 106 valence electrons. The van der Waals surface area contributed by atoms with E-state index >= 15 is 0 Å². The molecule has 0 aliphatic heterocycles. The highest BCUT2D eigenvalue weighted by atomic mass is 16.2. The van der Waals surface area contributed by atoms with E-state index in [2.05, 4.69) is 17.2 Å². The van der Waals surface area contributed by atoms with Gasteiger partial charge in [-0.1, -0.05) is 30.8 Å². The largest absolute Gasteiger partial charge is 0.351 e. The lowest BCUT2D eigenvalue weighted by molar-refractivity contribution is -0.111. The number of urea groups is 1. The van der Waals surface area contributed by atoms with Gasteiger partial charge < -0.3 is 16.4 Å². The van der Waals surface area contributed by atoms with Crippen LogP contribution in [0.4, 0.5) is 16.2 Å². The summed E-state index contributed by atoms with van der Waals surface area (Å²) in [6.45, 7) is 3.41. The Hall–Kier alpha value is -3.08. The van der Waals surface area contributed by atoms with E-state index in [4.69, 9.17) is 5.73 Å². The lowest BCUT2D eigenvalue weighted by atomic mass is 10.0. The molecule has 4 N–H and O–H groups in total. The van der Waals surface area contributed by atoms with Crippen molar-refractivity contribution in [2.45, 2.75) is 0 Å². The average molecular weight is 281 g/mol. The Morgan fingerprint density at radius 1 is 0.952 bits per heavy atom. The highest BCUT2D eigenvalue weighted by Gasteiger charge is 2.02. The first-order chi connectivity index (χ1) is 10.1. The summed E-state index contributed by atoms with van der Waals surface area (Å²) >= 11 is 0. The third-order valence-corrected chi connectivity index (χ3v) is 2.80. The molecule has 0 bridgehead atoms. The maximum Gasteiger partial charge on any atom is 0.316 e. The van der Waals surface area contributed by atoms with Crippen molar-refractivity contribution in [1.29, 1.82) is 0 Å². The second-order valence-corrected chi connectivity index (χ2v) is 4.34. The fourth-order valence-corrected chi connectivity index (χ4v) is 1.86. The van der Waals surface area contributed by atoms with Crippen molar-refractivity contribution in [3.63, 3.8) is 0 Å². The molecule has 2 rings (SSSR count). The van der Waals surface area contributed by atoms with Crippen LogP contribution in [0.2, 0.25) is 0 Å². The van der Waals surface area contributed by atoms with Crippen LogP contribution in [-0.2, 0) is 4.79 Å². The van der Waals surface area contributed by atoms with E-state index in [-0.39, 0.29) is 5.91 Å². The maximum atomic E-state index is 11.3. The summed E-state index contributed by atoms with van der Waals surface area (Å²) in [5.74, 6) is -0.256. The summed E-state index contributed by atoms with van der Waals surface area (Å²) in [6.07, 6.45) is 1.22. The van der Waals surface area contributed by atoms with Gasteiger partial charge in [-0.05, 0) is 41.5 Å². The molecule has 5 nitrogen and oxygen atoms in total. The number of carbonyl (C=O) groups is 2. The van der Waals surface area contributed by atoms with E-state index in [0.717, 1.165) is 11.1 Å². The number of benzene rings is 2. The molecule has 0 saturated carbocycles. The summed E-state index contributed by atoms with van der Waals surface area (Å²) in [5, 5.41) is 5.21. The first-order valence-electron chi connectivity index (χ1n) is 6.29. The SMILES string of the molecule is C=CC(=O)Nc1cccc(-c2ccc(NC(N)=O)cc2)c1. The van der Waals surface area contributed by atoms with Gasteiger partial charge in [0.2, 0.25) is 5.91 Å². The number of nitrogens with two attached hydrogens (primary N) is 1. The number of hydrogen-bond donors (Lipinski definition) is 3. The van der Waals surface area contributed by atoms with Crippen LogP contribution in [0.15, 0.2) is 61.2 Å². The number of nitrogens with one attached hydrogen (secondary N) is 2. The van der Waals surface area contributed by atoms with Gasteiger partial charge in [-0.15, -0.1) is 0 Å². The summed E-state index contributed by atoms with van der Waals surface area (Å²) in [4.78, 5) is 22.1. The molecule has 5 heteroatoms. The van der Waals surface area contributed by atoms with Gasteiger partial charge in [-0.3, -0.25) is 4.79 Å². The number of rotatable bonds is 4. The van der Waals surface area contributed by atoms with Crippen LogP contribution in [0.5, 0.6) is 0 Å². The molecule has 0 aliphatic rings. The lowest BCUT2D eigenvalue weighted by Crippen LogP contribution is -2.19. The van der Waals surface area contributed by atoms with Gasteiger partial charge in [-0.25, -0.2) is 4.79 Å². The van der Waals surface area contributed by atoms with Crippen molar-refractivity contribution in [3.05, 3.63) is 61.2 Å². The number of amides is 3. The highest BCUT2D eigenvalue weighted by Crippen LogP contribution is 2.24. The molecule has 0 fully saturated rings.